The molecule has 0 aliphatic carbocycles. The quantitative estimate of drug-likeness (QED) is 0.355. The van der Waals surface area contributed by atoms with Gasteiger partial charge in [-0.1, -0.05) is 28.1 Å². The maximum atomic E-state index is 13.8. The molecule has 0 spiro atoms. The van der Waals surface area contributed by atoms with Gasteiger partial charge in [0.25, 0.3) is 0 Å². The zero-order valence-electron chi connectivity index (χ0n) is 13.4. The normalized spacial score (nSPS) is 10.9. The fourth-order valence-electron chi connectivity index (χ4n) is 2.01. The minimum atomic E-state index is -0.257. The number of guanidine groups is 1. The zero-order chi connectivity index (χ0) is 16.5. The van der Waals surface area contributed by atoms with Crippen LogP contribution in [0.3, 0.4) is 0 Å². The highest BCUT2D eigenvalue weighted by molar-refractivity contribution is 14.0. The third-order valence-corrected chi connectivity index (χ3v) is 3.66. The summed E-state index contributed by atoms with van der Waals surface area (Å²) in [5.41, 5.74) is 1.59. The first-order valence-corrected chi connectivity index (χ1v) is 8.34. The summed E-state index contributed by atoms with van der Waals surface area (Å²) in [6, 6.07) is 10.9. The highest BCUT2D eigenvalue weighted by atomic mass is 127. The second-order valence-electron chi connectivity index (χ2n) is 4.93. The first kappa shape index (κ1) is 20.8. The summed E-state index contributed by atoms with van der Waals surface area (Å²) in [5.74, 6) is 0.415. The molecule has 4 nitrogen and oxygen atoms in total. The lowest BCUT2D eigenvalue weighted by atomic mass is 10.2. The predicted molar refractivity (Wildman–Crippen MR) is 110 cm³/mol. The summed E-state index contributed by atoms with van der Waals surface area (Å²) in [5, 5.41) is 6.39. The molecule has 0 radical (unpaired) electrons. The van der Waals surface area contributed by atoms with Crippen molar-refractivity contribution in [3.63, 3.8) is 0 Å². The summed E-state index contributed by atoms with van der Waals surface area (Å²) < 4.78 is 14.5. The minimum Gasteiger partial charge on any atom is -0.357 e. The lowest BCUT2D eigenvalue weighted by molar-refractivity contribution is 0.609. The van der Waals surface area contributed by atoms with Crippen molar-refractivity contribution in [2.75, 3.05) is 13.1 Å². The van der Waals surface area contributed by atoms with E-state index in [1.54, 1.807) is 12.3 Å². The van der Waals surface area contributed by atoms with Crippen LogP contribution in [0, 0.1) is 5.82 Å². The molecule has 2 rings (SSSR count). The molecule has 24 heavy (non-hydrogen) atoms. The van der Waals surface area contributed by atoms with E-state index >= 15 is 0 Å². The van der Waals surface area contributed by atoms with E-state index in [9.17, 15) is 4.39 Å². The average Bonchev–Trinajstić information content (AvgIpc) is 2.55. The molecule has 1 aromatic carbocycles. The van der Waals surface area contributed by atoms with E-state index in [4.69, 9.17) is 0 Å². The number of nitrogens with one attached hydrogen (secondary N) is 2. The van der Waals surface area contributed by atoms with Crippen molar-refractivity contribution in [2.24, 2.45) is 4.99 Å². The van der Waals surface area contributed by atoms with Crippen molar-refractivity contribution in [3.8, 4) is 0 Å². The maximum Gasteiger partial charge on any atom is 0.191 e. The Morgan fingerprint density at radius 1 is 1.25 bits per heavy atom. The molecule has 130 valence electrons. The molecular weight excluding hydrogens is 486 g/mol. The van der Waals surface area contributed by atoms with Gasteiger partial charge in [-0.05, 0) is 31.2 Å². The van der Waals surface area contributed by atoms with Gasteiger partial charge in [-0.15, -0.1) is 24.0 Å². The Kier molecular flexibility index (Phi) is 9.85. The van der Waals surface area contributed by atoms with Crippen molar-refractivity contribution >= 4 is 45.9 Å². The molecule has 0 atom stereocenters. The van der Waals surface area contributed by atoms with Gasteiger partial charge in [0, 0.05) is 41.4 Å². The van der Waals surface area contributed by atoms with Gasteiger partial charge in [0.05, 0.1) is 6.54 Å². The summed E-state index contributed by atoms with van der Waals surface area (Å²) in [6.45, 7) is 3.75. The fraction of sp³-hybridized carbons (Fsp3) is 0.294. The van der Waals surface area contributed by atoms with Gasteiger partial charge in [-0.25, -0.2) is 9.38 Å². The molecule has 2 aromatic rings. The zero-order valence-corrected chi connectivity index (χ0v) is 17.3. The molecule has 0 fully saturated rings. The highest BCUT2D eigenvalue weighted by Gasteiger charge is 2.03. The minimum absolute atomic E-state index is 0. The number of hydrogen-bond donors (Lipinski definition) is 2. The third kappa shape index (κ3) is 7.12. The van der Waals surface area contributed by atoms with Crippen LogP contribution in [0.25, 0.3) is 0 Å². The number of rotatable bonds is 6. The monoisotopic (exact) mass is 506 g/mol. The molecule has 0 saturated heterocycles. The molecule has 1 heterocycles. The van der Waals surface area contributed by atoms with Gasteiger partial charge < -0.3 is 10.6 Å². The highest BCUT2D eigenvalue weighted by Crippen LogP contribution is 2.15. The standard InChI is InChI=1S/C17H20BrFN4.HI/c1-2-20-17(22-10-8-15-5-3-4-9-21-15)23-12-13-6-7-14(18)11-16(13)19;/h3-7,9,11H,2,8,10,12H2,1H3,(H2,20,22,23);1H. The number of aliphatic imine (C=N–C) groups is 1. The number of benzene rings is 1. The predicted octanol–water partition coefficient (Wildman–Crippen LogP) is 3.90. The number of pyridine rings is 1. The van der Waals surface area contributed by atoms with Crippen LogP contribution in [0.2, 0.25) is 0 Å². The van der Waals surface area contributed by atoms with Crippen LogP contribution in [-0.4, -0.2) is 24.0 Å². The van der Waals surface area contributed by atoms with E-state index < -0.39 is 0 Å². The van der Waals surface area contributed by atoms with Crippen LogP contribution in [-0.2, 0) is 13.0 Å². The molecule has 7 heteroatoms. The summed E-state index contributed by atoms with van der Waals surface area (Å²) in [4.78, 5) is 8.70. The number of aromatic nitrogens is 1. The summed E-state index contributed by atoms with van der Waals surface area (Å²) in [7, 11) is 0. The van der Waals surface area contributed by atoms with Crippen molar-refractivity contribution in [1.29, 1.82) is 0 Å². The molecule has 0 amide bonds. The van der Waals surface area contributed by atoms with Gasteiger partial charge in [-0.2, -0.15) is 0 Å². The van der Waals surface area contributed by atoms with E-state index in [0.717, 1.165) is 23.1 Å². The lowest BCUT2D eigenvalue weighted by Gasteiger charge is -2.11. The van der Waals surface area contributed by atoms with E-state index in [1.165, 1.54) is 6.07 Å². The Morgan fingerprint density at radius 3 is 2.75 bits per heavy atom. The van der Waals surface area contributed by atoms with Crippen LogP contribution in [0.1, 0.15) is 18.2 Å². The van der Waals surface area contributed by atoms with Crippen LogP contribution in [0.15, 0.2) is 52.1 Å². The smallest absolute Gasteiger partial charge is 0.191 e. The van der Waals surface area contributed by atoms with Gasteiger partial charge in [0.1, 0.15) is 5.82 Å². The van der Waals surface area contributed by atoms with Crippen molar-refractivity contribution in [2.45, 2.75) is 19.9 Å². The Morgan fingerprint density at radius 2 is 2.08 bits per heavy atom. The van der Waals surface area contributed by atoms with Crippen molar-refractivity contribution in [1.82, 2.24) is 15.6 Å². The summed E-state index contributed by atoms with van der Waals surface area (Å²) >= 11 is 3.25. The van der Waals surface area contributed by atoms with Crippen LogP contribution >= 0.6 is 39.9 Å². The first-order chi connectivity index (χ1) is 11.2. The molecule has 2 N–H and O–H groups in total. The van der Waals surface area contributed by atoms with Gasteiger partial charge in [0.2, 0.25) is 0 Å². The van der Waals surface area contributed by atoms with E-state index in [-0.39, 0.29) is 36.3 Å². The SMILES string of the molecule is CCNC(=NCc1ccc(Br)cc1F)NCCc1ccccn1.I. The Labute approximate surface area is 167 Å². The summed E-state index contributed by atoms with van der Waals surface area (Å²) in [6.07, 6.45) is 2.59. The molecule has 0 bridgehead atoms. The maximum absolute atomic E-state index is 13.8. The fourth-order valence-corrected chi connectivity index (χ4v) is 2.34. The van der Waals surface area contributed by atoms with Crippen molar-refractivity contribution in [3.05, 3.63) is 64.1 Å². The number of halogens is 3. The van der Waals surface area contributed by atoms with E-state index in [2.05, 4.69) is 36.5 Å². The molecular formula is C17H21BrFIN4. The topological polar surface area (TPSA) is 49.3 Å². The van der Waals surface area contributed by atoms with E-state index in [1.807, 2.05) is 31.2 Å². The van der Waals surface area contributed by atoms with Gasteiger partial charge >= 0.3 is 0 Å². The molecule has 0 aliphatic rings. The lowest BCUT2D eigenvalue weighted by Crippen LogP contribution is -2.38. The third-order valence-electron chi connectivity index (χ3n) is 3.17. The molecule has 0 saturated carbocycles. The van der Waals surface area contributed by atoms with Crippen LogP contribution in [0.5, 0.6) is 0 Å². The second kappa shape index (κ2) is 11.4. The largest absolute Gasteiger partial charge is 0.357 e. The van der Waals surface area contributed by atoms with Crippen LogP contribution < -0.4 is 10.6 Å². The second-order valence-corrected chi connectivity index (χ2v) is 5.84. The first-order valence-electron chi connectivity index (χ1n) is 7.55. The van der Waals surface area contributed by atoms with E-state index in [0.29, 0.717) is 18.1 Å². The van der Waals surface area contributed by atoms with Crippen molar-refractivity contribution < 1.29 is 4.39 Å². The molecule has 0 aliphatic heterocycles. The Bertz CT molecular complexity index is 652. The van der Waals surface area contributed by atoms with Crippen LogP contribution in [0.4, 0.5) is 4.39 Å². The molecule has 1 aromatic heterocycles. The Hall–Kier alpha value is -1.22. The number of nitrogens with zero attached hydrogens (tertiary/aromatic N) is 2. The van der Waals surface area contributed by atoms with Gasteiger partial charge in [-0.3, -0.25) is 4.98 Å². The molecule has 0 unspecified atom stereocenters. The van der Waals surface area contributed by atoms with Gasteiger partial charge in [0.15, 0.2) is 5.96 Å². The number of hydrogen-bond acceptors (Lipinski definition) is 2. The Balaban J connectivity index is 0.00000288. The average molecular weight is 507 g/mol.